The lowest BCUT2D eigenvalue weighted by atomic mass is 10.2. The second kappa shape index (κ2) is 8.78. The van der Waals surface area contributed by atoms with E-state index in [9.17, 15) is 0 Å². The third-order valence-electron chi connectivity index (χ3n) is 5.39. The van der Waals surface area contributed by atoms with Gasteiger partial charge in [-0.25, -0.2) is 14.8 Å². The Balaban J connectivity index is 1.36. The lowest BCUT2D eigenvalue weighted by Gasteiger charge is -2.35. The number of tetrazole rings is 1. The fraction of sp³-hybridized carbons (Fsp3) is 0.350. The lowest BCUT2D eigenvalue weighted by Crippen LogP contribution is -2.55. The van der Waals surface area contributed by atoms with E-state index < -0.39 is 0 Å². The standard InChI is InChI=1S/C20H24N12O/c1-3-15(33-4-2)17-23-11-31-18(25-17)13-10-24-32(19(13)26-20(31)21)8-7-12-5-6-14(22-9-12)16-27-29-30-28-16/h3,5-6,9-10,17,23H,4,7-8,11H2,1-2H3,(H2,21,26)(H,27,28,29,30)/b15-3-. The zero-order valence-electron chi connectivity index (χ0n) is 18.3. The number of aromatic amines is 1. The molecule has 0 saturated carbocycles. The average molecular weight is 448 g/mol. The SMILES string of the molecule is C/C=C(\OCC)C1N=C2c3cnn(CCc4ccc(-c5nnn[nH]5)nc4)c3N=C(N)N2CN1. The summed E-state index contributed by atoms with van der Waals surface area (Å²) in [5, 5.41) is 21.6. The summed E-state index contributed by atoms with van der Waals surface area (Å²) in [5.74, 6) is 3.11. The molecule has 13 heteroatoms. The van der Waals surface area contributed by atoms with Crippen LogP contribution in [-0.4, -0.2) is 71.5 Å². The molecule has 13 nitrogen and oxygen atoms in total. The number of guanidine groups is 1. The molecule has 5 heterocycles. The second-order valence-electron chi connectivity index (χ2n) is 7.40. The van der Waals surface area contributed by atoms with Crippen molar-refractivity contribution < 1.29 is 4.74 Å². The van der Waals surface area contributed by atoms with Crippen LogP contribution in [0.1, 0.15) is 25.0 Å². The maximum Gasteiger partial charge on any atom is 0.204 e. The Labute approximate surface area is 189 Å². The molecule has 1 unspecified atom stereocenters. The van der Waals surface area contributed by atoms with Gasteiger partial charge >= 0.3 is 0 Å². The first-order valence-electron chi connectivity index (χ1n) is 10.6. The molecule has 3 aromatic heterocycles. The minimum Gasteiger partial charge on any atom is -0.495 e. The van der Waals surface area contributed by atoms with Gasteiger partial charge in [0.2, 0.25) is 5.96 Å². The maximum atomic E-state index is 6.25. The molecule has 3 aromatic rings. The minimum absolute atomic E-state index is 0.285. The van der Waals surface area contributed by atoms with E-state index in [2.05, 4.69) is 41.0 Å². The zero-order valence-corrected chi connectivity index (χ0v) is 18.3. The van der Waals surface area contributed by atoms with Crippen molar-refractivity contribution in [3.8, 4) is 11.5 Å². The van der Waals surface area contributed by atoms with E-state index in [1.807, 2.05) is 41.6 Å². The molecule has 0 aliphatic carbocycles. The smallest absolute Gasteiger partial charge is 0.204 e. The van der Waals surface area contributed by atoms with E-state index in [4.69, 9.17) is 15.5 Å². The number of nitrogens with one attached hydrogen (secondary N) is 2. The van der Waals surface area contributed by atoms with Crippen LogP contribution in [0.5, 0.6) is 0 Å². The Bertz CT molecular complexity index is 1210. The number of nitrogens with two attached hydrogens (primary N) is 1. The molecule has 33 heavy (non-hydrogen) atoms. The largest absolute Gasteiger partial charge is 0.495 e. The number of amidine groups is 1. The highest BCUT2D eigenvalue weighted by molar-refractivity contribution is 6.14. The molecule has 0 amide bonds. The number of allylic oxidation sites excluding steroid dienone is 1. The van der Waals surface area contributed by atoms with E-state index in [-0.39, 0.29) is 6.17 Å². The Morgan fingerprint density at radius 3 is 2.97 bits per heavy atom. The van der Waals surface area contributed by atoms with E-state index >= 15 is 0 Å². The predicted octanol–water partition coefficient (Wildman–Crippen LogP) is 0.536. The molecular weight excluding hydrogens is 424 g/mol. The van der Waals surface area contributed by atoms with E-state index in [0.29, 0.717) is 43.1 Å². The molecule has 2 aliphatic heterocycles. The summed E-state index contributed by atoms with van der Waals surface area (Å²) >= 11 is 0. The van der Waals surface area contributed by atoms with Gasteiger partial charge in [0.1, 0.15) is 17.3 Å². The highest BCUT2D eigenvalue weighted by Gasteiger charge is 2.33. The molecule has 0 bridgehead atoms. The molecule has 2 aliphatic rings. The average Bonchev–Trinajstić information content (AvgIpc) is 3.52. The fourth-order valence-electron chi connectivity index (χ4n) is 3.75. The highest BCUT2D eigenvalue weighted by Crippen LogP contribution is 2.28. The molecule has 0 aromatic carbocycles. The molecule has 4 N–H and O–H groups in total. The number of pyridine rings is 1. The monoisotopic (exact) mass is 448 g/mol. The van der Waals surface area contributed by atoms with Crippen LogP contribution in [0.15, 0.2) is 46.3 Å². The first-order valence-corrected chi connectivity index (χ1v) is 10.6. The van der Waals surface area contributed by atoms with Crippen molar-refractivity contribution in [3.63, 3.8) is 0 Å². The molecule has 0 fully saturated rings. The number of rotatable bonds is 7. The summed E-state index contributed by atoms with van der Waals surface area (Å²) in [4.78, 5) is 15.7. The van der Waals surface area contributed by atoms with Gasteiger partial charge in [0, 0.05) is 12.7 Å². The van der Waals surface area contributed by atoms with Crippen LogP contribution in [0.4, 0.5) is 5.82 Å². The number of hydrogen-bond acceptors (Lipinski definition) is 11. The first kappa shape index (κ1) is 20.8. The Morgan fingerprint density at radius 1 is 1.33 bits per heavy atom. The third-order valence-corrected chi connectivity index (χ3v) is 5.39. The molecule has 5 rings (SSSR count). The van der Waals surface area contributed by atoms with Crippen LogP contribution in [0.2, 0.25) is 0 Å². The van der Waals surface area contributed by atoms with Crippen molar-refractivity contribution in [1.29, 1.82) is 0 Å². The number of H-pyrrole nitrogens is 1. The van der Waals surface area contributed by atoms with Crippen molar-refractivity contribution in [2.24, 2.45) is 15.7 Å². The summed E-state index contributed by atoms with van der Waals surface area (Å²) in [5.41, 5.74) is 8.83. The van der Waals surface area contributed by atoms with Crippen LogP contribution in [0, 0.1) is 0 Å². The third kappa shape index (κ3) is 3.93. The van der Waals surface area contributed by atoms with Gasteiger partial charge in [-0.1, -0.05) is 6.07 Å². The van der Waals surface area contributed by atoms with Crippen LogP contribution in [0.3, 0.4) is 0 Å². The van der Waals surface area contributed by atoms with Gasteiger partial charge in [0.05, 0.1) is 25.0 Å². The number of nitrogens with zero attached hydrogens (tertiary/aromatic N) is 9. The molecule has 170 valence electrons. The lowest BCUT2D eigenvalue weighted by molar-refractivity contribution is 0.194. The summed E-state index contributed by atoms with van der Waals surface area (Å²) in [6, 6.07) is 3.87. The van der Waals surface area contributed by atoms with Crippen LogP contribution < -0.4 is 11.1 Å². The minimum atomic E-state index is -0.285. The van der Waals surface area contributed by atoms with E-state index in [1.165, 1.54) is 0 Å². The van der Waals surface area contributed by atoms with E-state index in [0.717, 1.165) is 29.1 Å². The number of aliphatic imine (C=N–C) groups is 2. The highest BCUT2D eigenvalue weighted by atomic mass is 16.5. The Morgan fingerprint density at radius 2 is 2.24 bits per heavy atom. The zero-order chi connectivity index (χ0) is 22.8. The van der Waals surface area contributed by atoms with Crippen LogP contribution in [0.25, 0.3) is 11.5 Å². The van der Waals surface area contributed by atoms with Crippen molar-refractivity contribution in [3.05, 3.63) is 47.5 Å². The normalized spacial score (nSPS) is 17.8. The van der Waals surface area contributed by atoms with Gasteiger partial charge in [-0.15, -0.1) is 5.10 Å². The maximum absolute atomic E-state index is 6.25. The van der Waals surface area contributed by atoms with Crippen LogP contribution >= 0.6 is 0 Å². The number of hydrogen-bond donors (Lipinski definition) is 3. The predicted molar refractivity (Wildman–Crippen MR) is 120 cm³/mol. The van der Waals surface area contributed by atoms with Crippen LogP contribution in [-0.2, 0) is 17.7 Å². The van der Waals surface area contributed by atoms with Gasteiger partial charge in [-0.3, -0.25) is 15.2 Å². The summed E-state index contributed by atoms with van der Waals surface area (Å²) in [6.45, 7) is 5.55. The van der Waals surface area contributed by atoms with Crippen molar-refractivity contribution in [2.45, 2.75) is 33.0 Å². The van der Waals surface area contributed by atoms with Crippen molar-refractivity contribution in [2.75, 3.05) is 13.3 Å². The second-order valence-corrected chi connectivity index (χ2v) is 7.40. The van der Waals surface area contributed by atoms with Crippen molar-refractivity contribution >= 4 is 17.6 Å². The summed E-state index contributed by atoms with van der Waals surface area (Å²) in [7, 11) is 0. The topological polar surface area (TPSA) is 160 Å². The number of ether oxygens (including phenoxy) is 1. The molecular formula is C20H24N12O. The summed E-state index contributed by atoms with van der Waals surface area (Å²) < 4.78 is 7.56. The van der Waals surface area contributed by atoms with Gasteiger partial charge in [-0.05, 0) is 48.4 Å². The molecule has 0 radical (unpaired) electrons. The Hall–Kier alpha value is -4.13. The number of aromatic nitrogens is 7. The number of fused-ring (bicyclic) bond motifs is 3. The van der Waals surface area contributed by atoms with Gasteiger partial charge < -0.3 is 10.5 Å². The van der Waals surface area contributed by atoms with Crippen molar-refractivity contribution in [1.82, 2.24) is 45.6 Å². The molecule has 0 saturated heterocycles. The van der Waals surface area contributed by atoms with E-state index in [1.54, 1.807) is 12.4 Å². The first-order chi connectivity index (χ1) is 16.2. The number of aryl methyl sites for hydroxylation is 2. The molecule has 0 spiro atoms. The quantitative estimate of drug-likeness (QED) is 0.438. The van der Waals surface area contributed by atoms with Gasteiger partial charge in [0.25, 0.3) is 0 Å². The molecule has 1 atom stereocenters. The van der Waals surface area contributed by atoms with Gasteiger partial charge in [-0.2, -0.15) is 10.1 Å². The van der Waals surface area contributed by atoms with Gasteiger partial charge in [0.15, 0.2) is 17.8 Å². The summed E-state index contributed by atoms with van der Waals surface area (Å²) in [6.07, 6.45) is 5.95. The Kier molecular flexibility index (Phi) is 5.52. The fourth-order valence-corrected chi connectivity index (χ4v) is 3.75.